The van der Waals surface area contributed by atoms with Crippen molar-refractivity contribution in [2.75, 3.05) is 72.6 Å². The van der Waals surface area contributed by atoms with Gasteiger partial charge in [-0.1, -0.05) is 22.9 Å². The summed E-state index contributed by atoms with van der Waals surface area (Å²) in [5.74, 6) is -0.262. The molecule has 0 saturated heterocycles. The van der Waals surface area contributed by atoms with Gasteiger partial charge in [0.1, 0.15) is 0 Å². The smallest absolute Gasteiger partial charge is 0.260 e. The molecule has 0 N–H and O–H groups in total. The van der Waals surface area contributed by atoms with E-state index in [4.69, 9.17) is 21.1 Å². The van der Waals surface area contributed by atoms with E-state index in [-0.39, 0.29) is 37.1 Å². The highest BCUT2D eigenvalue weighted by molar-refractivity contribution is 7.89. The van der Waals surface area contributed by atoms with Crippen LogP contribution in [0.3, 0.4) is 0 Å². The van der Waals surface area contributed by atoms with Crippen molar-refractivity contribution in [1.29, 1.82) is 0 Å². The first-order valence-corrected chi connectivity index (χ1v) is 13.9. The number of ether oxygens (including phenoxy) is 2. The summed E-state index contributed by atoms with van der Waals surface area (Å²) in [6.45, 7) is 1.96. The Bertz CT molecular complexity index is 1260. The number of fused-ring (bicyclic) bond motifs is 1. The van der Waals surface area contributed by atoms with Crippen molar-refractivity contribution >= 4 is 54.2 Å². The minimum absolute atomic E-state index is 0.0979. The van der Waals surface area contributed by atoms with Gasteiger partial charge in [-0.15, -0.1) is 0 Å². The number of hydrogen-bond donors (Lipinski definition) is 0. The number of anilines is 1. The molecule has 1 amide bonds. The molecular weight excluding hydrogens is 524 g/mol. The lowest BCUT2D eigenvalue weighted by atomic mass is 10.2. The third-order valence-corrected chi connectivity index (χ3v) is 8.60. The van der Waals surface area contributed by atoms with Crippen LogP contribution in [0.4, 0.5) is 5.13 Å². The number of methoxy groups -OCH3 is 2. The largest absolute Gasteiger partial charge is 0.383 e. The van der Waals surface area contributed by atoms with Crippen LogP contribution in [-0.4, -0.2) is 96.2 Å². The normalized spacial score (nSPS) is 12.1. The molecule has 0 saturated carbocycles. The molecule has 0 fully saturated rings. The van der Waals surface area contributed by atoms with E-state index in [0.717, 1.165) is 10.2 Å². The van der Waals surface area contributed by atoms with Crippen molar-refractivity contribution < 1.29 is 22.7 Å². The number of aromatic nitrogens is 1. The molecule has 0 aliphatic rings. The fraction of sp³-hybridized carbons (Fsp3) is 0.417. The second-order valence-electron chi connectivity index (χ2n) is 8.28. The Morgan fingerprint density at radius 3 is 2.19 bits per heavy atom. The van der Waals surface area contributed by atoms with Gasteiger partial charge in [-0.25, -0.2) is 13.4 Å². The maximum atomic E-state index is 13.5. The van der Waals surface area contributed by atoms with Gasteiger partial charge < -0.3 is 14.4 Å². The minimum Gasteiger partial charge on any atom is -0.383 e. The lowest BCUT2D eigenvalue weighted by Crippen LogP contribution is -2.37. The van der Waals surface area contributed by atoms with Gasteiger partial charge in [0.25, 0.3) is 5.91 Å². The standard InChI is InChI=1S/C24H31ClN4O5S2/c1-27(2)11-12-29(24-26-21-10-7-19(25)17-22(21)35-24)23(30)18-5-8-20(9-6-18)36(31,32)28(13-15-33-3)14-16-34-4/h5-10,17H,11-16H2,1-4H3. The zero-order valence-electron chi connectivity index (χ0n) is 20.8. The summed E-state index contributed by atoms with van der Waals surface area (Å²) in [4.78, 5) is 21.9. The first kappa shape index (κ1) is 28.5. The van der Waals surface area contributed by atoms with Crippen LogP contribution in [0.1, 0.15) is 10.4 Å². The average molecular weight is 555 g/mol. The third kappa shape index (κ3) is 7.00. The van der Waals surface area contributed by atoms with Crippen LogP contribution in [0.25, 0.3) is 10.2 Å². The molecule has 0 spiro atoms. The lowest BCUT2D eigenvalue weighted by Gasteiger charge is -2.23. The first-order valence-electron chi connectivity index (χ1n) is 11.3. The van der Waals surface area contributed by atoms with E-state index >= 15 is 0 Å². The summed E-state index contributed by atoms with van der Waals surface area (Å²) in [6.07, 6.45) is 0. The number of nitrogens with zero attached hydrogens (tertiary/aromatic N) is 4. The highest BCUT2D eigenvalue weighted by Gasteiger charge is 2.26. The molecule has 1 aromatic heterocycles. The average Bonchev–Trinajstić information content (AvgIpc) is 3.26. The number of hydrogen-bond acceptors (Lipinski definition) is 8. The predicted molar refractivity (Wildman–Crippen MR) is 144 cm³/mol. The summed E-state index contributed by atoms with van der Waals surface area (Å²) in [7, 11) is 3.11. The van der Waals surface area contributed by atoms with Gasteiger partial charge in [-0.05, 0) is 56.6 Å². The Labute approximate surface area is 221 Å². The topological polar surface area (TPSA) is 92.3 Å². The molecule has 0 bridgehead atoms. The van der Waals surface area contributed by atoms with E-state index in [1.165, 1.54) is 54.1 Å². The molecule has 0 atom stereocenters. The maximum absolute atomic E-state index is 13.5. The molecule has 9 nitrogen and oxygen atoms in total. The van der Waals surface area contributed by atoms with Gasteiger partial charge in [-0.2, -0.15) is 4.31 Å². The molecule has 3 aromatic rings. The monoisotopic (exact) mass is 554 g/mol. The Kier molecular flexibility index (Phi) is 10.2. The molecular formula is C24H31ClN4O5S2. The molecule has 196 valence electrons. The van der Waals surface area contributed by atoms with Crippen molar-refractivity contribution in [3.05, 3.63) is 53.1 Å². The molecule has 3 rings (SSSR count). The second-order valence-corrected chi connectivity index (χ2v) is 11.7. The van der Waals surface area contributed by atoms with Crippen LogP contribution < -0.4 is 4.90 Å². The number of halogens is 1. The van der Waals surface area contributed by atoms with Crippen LogP contribution in [0.2, 0.25) is 5.02 Å². The molecule has 0 aliphatic heterocycles. The zero-order chi connectivity index (χ0) is 26.3. The van der Waals surface area contributed by atoms with Crippen molar-refractivity contribution in [2.24, 2.45) is 0 Å². The van der Waals surface area contributed by atoms with Crippen molar-refractivity contribution in [1.82, 2.24) is 14.2 Å². The number of carbonyl (C=O) groups is 1. The van der Waals surface area contributed by atoms with Crippen LogP contribution in [0.5, 0.6) is 0 Å². The summed E-state index contributed by atoms with van der Waals surface area (Å²) in [6, 6.07) is 11.4. The van der Waals surface area contributed by atoms with E-state index in [2.05, 4.69) is 4.98 Å². The highest BCUT2D eigenvalue weighted by Crippen LogP contribution is 2.31. The highest BCUT2D eigenvalue weighted by atomic mass is 35.5. The Hall–Kier alpha value is -2.12. The van der Waals surface area contributed by atoms with E-state index in [1.807, 2.05) is 31.1 Å². The van der Waals surface area contributed by atoms with Crippen LogP contribution in [0.15, 0.2) is 47.4 Å². The van der Waals surface area contributed by atoms with Gasteiger partial charge in [0.05, 0.1) is 28.3 Å². The van der Waals surface area contributed by atoms with Gasteiger partial charge in [0, 0.05) is 51.0 Å². The molecule has 2 aromatic carbocycles. The van der Waals surface area contributed by atoms with E-state index in [1.54, 1.807) is 11.0 Å². The fourth-order valence-electron chi connectivity index (χ4n) is 3.40. The molecule has 36 heavy (non-hydrogen) atoms. The lowest BCUT2D eigenvalue weighted by molar-refractivity contribution is 0.0985. The predicted octanol–water partition coefficient (Wildman–Crippen LogP) is 3.44. The number of amides is 1. The number of rotatable bonds is 13. The molecule has 0 radical (unpaired) electrons. The SMILES string of the molecule is COCCN(CCOC)S(=O)(=O)c1ccc(C(=O)N(CCN(C)C)c2nc3ccc(Cl)cc3s2)cc1. The molecule has 0 aliphatic carbocycles. The van der Waals surface area contributed by atoms with E-state index < -0.39 is 10.0 Å². The van der Waals surface area contributed by atoms with Crippen LogP contribution >= 0.6 is 22.9 Å². The Morgan fingerprint density at radius 2 is 1.61 bits per heavy atom. The second kappa shape index (κ2) is 12.9. The van der Waals surface area contributed by atoms with Crippen LogP contribution in [0, 0.1) is 0 Å². The van der Waals surface area contributed by atoms with E-state index in [9.17, 15) is 13.2 Å². The minimum atomic E-state index is -3.78. The van der Waals surface area contributed by atoms with E-state index in [0.29, 0.717) is 28.8 Å². The Balaban J connectivity index is 1.89. The Morgan fingerprint density at radius 1 is 0.972 bits per heavy atom. The number of likely N-dealkylation sites (N-methyl/N-ethyl adjacent to an activating group) is 1. The van der Waals surface area contributed by atoms with Gasteiger partial charge in [0.2, 0.25) is 10.0 Å². The summed E-state index contributed by atoms with van der Waals surface area (Å²) in [5, 5.41) is 1.16. The third-order valence-electron chi connectivity index (χ3n) is 5.41. The quantitative estimate of drug-likeness (QED) is 0.319. The first-order chi connectivity index (χ1) is 17.2. The van der Waals surface area contributed by atoms with Gasteiger partial charge >= 0.3 is 0 Å². The zero-order valence-corrected chi connectivity index (χ0v) is 23.2. The van der Waals surface area contributed by atoms with Crippen LogP contribution in [-0.2, 0) is 19.5 Å². The number of thiazole rings is 1. The molecule has 0 unspecified atom stereocenters. The summed E-state index contributed by atoms with van der Waals surface area (Å²) in [5.41, 5.74) is 1.13. The molecule has 1 heterocycles. The number of benzene rings is 2. The van der Waals surface area contributed by atoms with Gasteiger partial charge in [0.15, 0.2) is 5.13 Å². The van der Waals surface area contributed by atoms with Crippen molar-refractivity contribution in [3.63, 3.8) is 0 Å². The number of carbonyl (C=O) groups excluding carboxylic acids is 1. The van der Waals surface area contributed by atoms with Gasteiger partial charge in [-0.3, -0.25) is 9.69 Å². The number of sulfonamides is 1. The van der Waals surface area contributed by atoms with Crippen molar-refractivity contribution in [3.8, 4) is 0 Å². The maximum Gasteiger partial charge on any atom is 0.260 e. The fourth-order valence-corrected chi connectivity index (χ4v) is 6.07. The molecule has 12 heteroatoms. The summed E-state index contributed by atoms with van der Waals surface area (Å²) >= 11 is 7.51. The summed E-state index contributed by atoms with van der Waals surface area (Å²) < 4.78 is 38.7. The van der Waals surface area contributed by atoms with Crippen molar-refractivity contribution in [2.45, 2.75) is 4.90 Å².